The number of hydrogen-bond donors (Lipinski definition) is 2. The Hall–Kier alpha value is -3.33. The Morgan fingerprint density at radius 2 is 2.07 bits per heavy atom. The third-order valence-electron chi connectivity index (χ3n) is 4.77. The van der Waals surface area contributed by atoms with Gasteiger partial charge in [-0.1, -0.05) is 23.7 Å². The van der Waals surface area contributed by atoms with Gasteiger partial charge in [-0.15, -0.1) is 0 Å². The maximum atomic E-state index is 12.5. The van der Waals surface area contributed by atoms with Crippen LogP contribution in [0.4, 0.5) is 17.1 Å². The van der Waals surface area contributed by atoms with Crippen molar-refractivity contribution in [2.24, 2.45) is 5.92 Å². The second-order valence-corrected chi connectivity index (χ2v) is 7.15. The molecule has 0 aromatic heterocycles. The van der Waals surface area contributed by atoms with Gasteiger partial charge in [-0.25, -0.2) is 0 Å². The molecule has 1 fully saturated rings. The van der Waals surface area contributed by atoms with Crippen LogP contribution >= 0.6 is 11.6 Å². The highest BCUT2D eigenvalue weighted by Gasteiger charge is 2.36. The number of nitrogens with one attached hydrogen (secondary N) is 2. The van der Waals surface area contributed by atoms with Gasteiger partial charge >= 0.3 is 0 Å². The van der Waals surface area contributed by atoms with Crippen molar-refractivity contribution < 1.29 is 19.2 Å². The zero-order valence-electron chi connectivity index (χ0n) is 16.3. The average molecular weight is 433 g/mol. The van der Waals surface area contributed by atoms with Gasteiger partial charge in [0.15, 0.2) is 0 Å². The highest BCUT2D eigenvalue weighted by Crippen LogP contribution is 2.35. The number of amides is 2. The van der Waals surface area contributed by atoms with Crippen molar-refractivity contribution in [2.75, 3.05) is 37.0 Å². The maximum Gasteiger partial charge on any atom is 0.292 e. The molecule has 158 valence electrons. The van der Waals surface area contributed by atoms with Crippen molar-refractivity contribution in [3.63, 3.8) is 0 Å². The molecule has 0 unspecified atom stereocenters. The van der Waals surface area contributed by atoms with Crippen LogP contribution in [0, 0.1) is 16.0 Å². The summed E-state index contributed by atoms with van der Waals surface area (Å²) in [6.45, 7) is 0.790. The van der Waals surface area contributed by atoms with E-state index in [-0.39, 0.29) is 37.0 Å². The molecule has 0 bridgehead atoms. The Balaban J connectivity index is 1.54. The smallest absolute Gasteiger partial charge is 0.292 e. The lowest BCUT2D eigenvalue weighted by Gasteiger charge is -2.20. The summed E-state index contributed by atoms with van der Waals surface area (Å²) < 4.78 is 5.30. The van der Waals surface area contributed by atoms with Gasteiger partial charge in [-0.05, 0) is 24.3 Å². The first kappa shape index (κ1) is 21.4. The summed E-state index contributed by atoms with van der Waals surface area (Å²) in [6, 6.07) is 11.3. The summed E-state index contributed by atoms with van der Waals surface area (Å²) in [7, 11) is 1.50. The number of carbonyl (C=O) groups is 2. The monoisotopic (exact) mass is 432 g/mol. The van der Waals surface area contributed by atoms with Gasteiger partial charge in [-0.3, -0.25) is 19.7 Å². The average Bonchev–Trinajstić information content (AvgIpc) is 3.12. The van der Waals surface area contributed by atoms with Crippen LogP contribution in [-0.4, -0.2) is 43.5 Å². The number of halogens is 1. The van der Waals surface area contributed by atoms with Crippen LogP contribution < -0.4 is 20.3 Å². The van der Waals surface area contributed by atoms with Gasteiger partial charge in [0.2, 0.25) is 11.8 Å². The van der Waals surface area contributed by atoms with E-state index in [4.69, 9.17) is 16.3 Å². The van der Waals surface area contributed by atoms with Crippen molar-refractivity contribution in [2.45, 2.75) is 6.42 Å². The van der Waals surface area contributed by atoms with Gasteiger partial charge in [0.05, 0.1) is 23.6 Å². The summed E-state index contributed by atoms with van der Waals surface area (Å²) in [5.74, 6) is -0.445. The van der Waals surface area contributed by atoms with Gasteiger partial charge in [-0.2, -0.15) is 0 Å². The second kappa shape index (κ2) is 9.45. The molecule has 3 rings (SSSR count). The summed E-state index contributed by atoms with van der Waals surface area (Å²) in [5.41, 5.74) is 0.881. The molecule has 1 saturated heterocycles. The van der Waals surface area contributed by atoms with Gasteiger partial charge < -0.3 is 20.3 Å². The number of nitro groups is 1. The van der Waals surface area contributed by atoms with Crippen LogP contribution in [0.3, 0.4) is 0 Å². The number of nitro benzene ring substituents is 1. The molecule has 2 aromatic rings. The summed E-state index contributed by atoms with van der Waals surface area (Å²) >= 11 is 6.04. The van der Waals surface area contributed by atoms with E-state index in [9.17, 15) is 19.7 Å². The van der Waals surface area contributed by atoms with Crippen LogP contribution in [0.15, 0.2) is 42.5 Å². The molecule has 30 heavy (non-hydrogen) atoms. The van der Waals surface area contributed by atoms with Crippen molar-refractivity contribution in [3.8, 4) is 5.75 Å². The van der Waals surface area contributed by atoms with Crippen LogP contribution in [0.1, 0.15) is 6.42 Å². The first-order chi connectivity index (χ1) is 14.4. The molecule has 2 amide bonds. The predicted molar refractivity (Wildman–Crippen MR) is 113 cm³/mol. The molecule has 9 nitrogen and oxygen atoms in total. The lowest BCUT2D eigenvalue weighted by atomic mass is 10.1. The largest absolute Gasteiger partial charge is 0.495 e. The van der Waals surface area contributed by atoms with Crippen LogP contribution in [0.2, 0.25) is 5.02 Å². The highest BCUT2D eigenvalue weighted by atomic mass is 35.5. The van der Waals surface area contributed by atoms with E-state index in [1.807, 2.05) is 0 Å². The van der Waals surface area contributed by atoms with E-state index in [2.05, 4.69) is 10.6 Å². The number of methoxy groups -OCH3 is 1. The third kappa shape index (κ3) is 4.80. The number of carbonyl (C=O) groups excluding carboxylic acids is 2. The van der Waals surface area contributed by atoms with Crippen LogP contribution in [0.25, 0.3) is 0 Å². The van der Waals surface area contributed by atoms with Crippen molar-refractivity contribution in [1.29, 1.82) is 0 Å². The van der Waals surface area contributed by atoms with Crippen LogP contribution in [0.5, 0.6) is 5.75 Å². The fraction of sp³-hybridized carbons (Fsp3) is 0.300. The number of para-hydroxylation sites is 2. The molecular formula is C20H21ClN4O5. The molecule has 2 N–H and O–H groups in total. The highest BCUT2D eigenvalue weighted by molar-refractivity contribution is 6.31. The summed E-state index contributed by atoms with van der Waals surface area (Å²) in [6.07, 6.45) is 0.0824. The second-order valence-electron chi connectivity index (χ2n) is 6.71. The fourth-order valence-corrected chi connectivity index (χ4v) is 3.47. The van der Waals surface area contributed by atoms with Gasteiger partial charge in [0, 0.05) is 37.1 Å². The Labute approximate surface area is 178 Å². The first-order valence-corrected chi connectivity index (χ1v) is 9.67. The SMILES string of the molecule is COc1ccc(Cl)cc1N1C[C@@H](C(=O)NCCNc2ccccc2[N+](=O)[O-])CC1=O. The minimum Gasteiger partial charge on any atom is -0.495 e. The van der Waals surface area contributed by atoms with Gasteiger partial charge in [0.25, 0.3) is 5.69 Å². The number of rotatable bonds is 8. The fourth-order valence-electron chi connectivity index (χ4n) is 3.30. The number of nitrogens with zero attached hydrogens (tertiary/aromatic N) is 2. The zero-order chi connectivity index (χ0) is 21.7. The van der Waals surface area contributed by atoms with Crippen molar-refractivity contribution in [1.82, 2.24) is 5.32 Å². The summed E-state index contributed by atoms with van der Waals surface area (Å²) in [5, 5.41) is 17.2. The van der Waals surface area contributed by atoms with Crippen molar-refractivity contribution in [3.05, 3.63) is 57.6 Å². The maximum absolute atomic E-state index is 12.5. The van der Waals surface area contributed by atoms with E-state index in [0.29, 0.717) is 28.7 Å². The predicted octanol–water partition coefficient (Wildman–Crippen LogP) is 2.84. The molecular weight excluding hydrogens is 412 g/mol. The van der Waals surface area contributed by atoms with E-state index >= 15 is 0 Å². The van der Waals surface area contributed by atoms with E-state index in [1.165, 1.54) is 18.1 Å². The molecule has 0 radical (unpaired) electrons. The Kier molecular flexibility index (Phi) is 6.73. The molecule has 0 saturated carbocycles. The molecule has 10 heteroatoms. The quantitative estimate of drug-likeness (QED) is 0.376. The Morgan fingerprint density at radius 3 is 2.80 bits per heavy atom. The summed E-state index contributed by atoms with van der Waals surface area (Å²) in [4.78, 5) is 37.0. The number of anilines is 2. The number of benzene rings is 2. The lowest BCUT2D eigenvalue weighted by molar-refractivity contribution is -0.384. The van der Waals surface area contributed by atoms with Gasteiger partial charge in [0.1, 0.15) is 11.4 Å². The van der Waals surface area contributed by atoms with E-state index in [1.54, 1.807) is 36.4 Å². The van der Waals surface area contributed by atoms with E-state index < -0.39 is 10.8 Å². The van der Waals surface area contributed by atoms with Crippen molar-refractivity contribution >= 4 is 40.5 Å². The molecule has 1 atom stereocenters. The molecule has 2 aromatic carbocycles. The molecule has 0 aliphatic carbocycles. The molecule has 1 aliphatic heterocycles. The number of hydrogen-bond acceptors (Lipinski definition) is 6. The zero-order valence-corrected chi connectivity index (χ0v) is 17.0. The lowest BCUT2D eigenvalue weighted by Crippen LogP contribution is -2.35. The van der Waals surface area contributed by atoms with E-state index in [0.717, 1.165) is 0 Å². The third-order valence-corrected chi connectivity index (χ3v) is 5.00. The topological polar surface area (TPSA) is 114 Å². The normalized spacial score (nSPS) is 15.7. The van der Waals surface area contributed by atoms with Crippen LogP contribution in [-0.2, 0) is 9.59 Å². The minimum absolute atomic E-state index is 0.0312. The Morgan fingerprint density at radius 1 is 1.30 bits per heavy atom. The molecule has 1 heterocycles. The molecule has 0 spiro atoms. The number of ether oxygens (including phenoxy) is 1. The minimum atomic E-state index is -0.507. The molecule has 1 aliphatic rings. The Bertz CT molecular complexity index is 968. The standard InChI is InChI=1S/C20H21ClN4O5/c1-30-18-7-6-14(21)11-17(18)24-12-13(10-19(24)26)20(27)23-9-8-22-15-4-2-3-5-16(15)25(28)29/h2-7,11,13,22H,8-10,12H2,1H3,(H,23,27)/t13-/m0/s1. The first-order valence-electron chi connectivity index (χ1n) is 9.29.